The molecule has 0 saturated carbocycles. The fourth-order valence-electron chi connectivity index (χ4n) is 6.57. The molecule has 5 rings (SSSR count). The number of nitrogens with one attached hydrogen (secondary N) is 2. The van der Waals surface area contributed by atoms with E-state index < -0.39 is 5.97 Å². The number of methoxy groups -OCH3 is 1. The van der Waals surface area contributed by atoms with Gasteiger partial charge in [-0.3, -0.25) is 9.78 Å². The zero-order valence-corrected chi connectivity index (χ0v) is 26.1. The van der Waals surface area contributed by atoms with Crippen LogP contribution in [0, 0.1) is 20.8 Å². The molecule has 2 atom stereocenters. The first-order valence-corrected chi connectivity index (χ1v) is 14.9. The number of carbonyl (C=O) groups excluding carboxylic acids is 2. The van der Waals surface area contributed by atoms with Gasteiger partial charge in [0.25, 0.3) is 6.47 Å². The van der Waals surface area contributed by atoms with Crippen molar-refractivity contribution in [1.82, 2.24) is 19.9 Å². The Balaban J connectivity index is 1.94. The number of aryl methyl sites for hydroxylation is 4. The molecule has 43 heavy (non-hydrogen) atoms. The summed E-state index contributed by atoms with van der Waals surface area (Å²) < 4.78 is 10.3. The summed E-state index contributed by atoms with van der Waals surface area (Å²) in [5, 5.41) is 0. The lowest BCUT2D eigenvalue weighted by atomic mass is 9.85. The number of ether oxygens (including phenoxy) is 2. The summed E-state index contributed by atoms with van der Waals surface area (Å²) in [6.45, 7) is 17.4. The first kappa shape index (κ1) is 30.0. The lowest BCUT2D eigenvalue weighted by Crippen LogP contribution is -2.07. The largest absolute Gasteiger partial charge is 0.468 e. The molecule has 0 spiro atoms. The van der Waals surface area contributed by atoms with E-state index in [0.717, 1.165) is 80.0 Å². The van der Waals surface area contributed by atoms with Gasteiger partial charge in [-0.25, -0.2) is 9.78 Å². The minimum atomic E-state index is -0.396. The van der Waals surface area contributed by atoms with Gasteiger partial charge in [-0.1, -0.05) is 26.5 Å². The molecule has 5 heterocycles. The number of aromatic amines is 2. The first-order chi connectivity index (χ1) is 20.6. The molecule has 0 aromatic carbocycles. The number of esters is 1. The Labute approximate surface area is 252 Å². The van der Waals surface area contributed by atoms with Gasteiger partial charge in [0, 0.05) is 45.3 Å². The third kappa shape index (κ3) is 5.19. The maximum Gasteiger partial charge on any atom is 0.340 e. The first-order valence-electron chi connectivity index (χ1n) is 14.9. The molecule has 0 aliphatic carbocycles. The van der Waals surface area contributed by atoms with Crippen molar-refractivity contribution in [3.8, 4) is 0 Å². The summed E-state index contributed by atoms with van der Waals surface area (Å²) in [5.41, 5.74) is 13.7. The van der Waals surface area contributed by atoms with Crippen molar-refractivity contribution in [2.24, 2.45) is 0 Å². The minimum Gasteiger partial charge on any atom is -0.468 e. The summed E-state index contributed by atoms with van der Waals surface area (Å²) >= 11 is 0. The van der Waals surface area contributed by atoms with E-state index in [-0.39, 0.29) is 11.8 Å². The van der Waals surface area contributed by atoms with Gasteiger partial charge < -0.3 is 19.4 Å². The molecule has 0 amide bonds. The molecule has 8 heteroatoms. The highest BCUT2D eigenvalue weighted by atomic mass is 16.5. The highest BCUT2D eigenvalue weighted by Crippen LogP contribution is 2.42. The third-order valence-corrected chi connectivity index (χ3v) is 9.12. The fraction of sp³-hybridized carbons (Fsp3) is 0.371. The van der Waals surface area contributed by atoms with Crippen LogP contribution in [0.15, 0.2) is 30.9 Å². The summed E-state index contributed by atoms with van der Waals surface area (Å²) in [6.07, 6.45) is 4.17. The van der Waals surface area contributed by atoms with Crippen LogP contribution in [0.4, 0.5) is 0 Å². The number of fused-ring (bicyclic) bond motifs is 8. The van der Waals surface area contributed by atoms with Gasteiger partial charge in [0.05, 0.1) is 36.2 Å². The van der Waals surface area contributed by atoms with Crippen LogP contribution in [0.5, 0.6) is 0 Å². The molecular formula is C35H40N4O4. The summed E-state index contributed by atoms with van der Waals surface area (Å²) in [6, 6.07) is 6.25. The number of H-pyrrole nitrogens is 2. The monoisotopic (exact) mass is 580 g/mol. The number of rotatable bonds is 8. The predicted molar refractivity (Wildman–Crippen MR) is 171 cm³/mol. The van der Waals surface area contributed by atoms with Crippen molar-refractivity contribution in [2.45, 2.75) is 72.6 Å². The van der Waals surface area contributed by atoms with Gasteiger partial charge in [-0.2, -0.15) is 0 Å². The predicted octanol–water partition coefficient (Wildman–Crippen LogP) is 7.55. The van der Waals surface area contributed by atoms with E-state index in [9.17, 15) is 9.59 Å². The lowest BCUT2D eigenvalue weighted by Gasteiger charge is -2.17. The number of hydrogen-bond acceptors (Lipinski definition) is 6. The molecule has 0 unspecified atom stereocenters. The minimum absolute atomic E-state index is 0.0544. The van der Waals surface area contributed by atoms with Crippen LogP contribution < -0.4 is 0 Å². The fourth-order valence-corrected chi connectivity index (χ4v) is 6.57. The van der Waals surface area contributed by atoms with E-state index >= 15 is 0 Å². The number of hydrogen-bond donors (Lipinski definition) is 2. The standard InChI is InChI=1S/C35H40N4O4/c1-9-23-18(3)26-14-28-20(5)25(12-11-13-43-17-40)33(38-28)22(7)34-32(35(41)42-8)21(6)29(39-34)16-31-24(10-2)19(4)27(37-31)15-30(23)36-26/h9,14-17,20,25,37,39H,1,10-13H2,2-8H3/t20-,25-/m0/s1. The Bertz CT molecular complexity index is 1820. The highest BCUT2D eigenvalue weighted by Gasteiger charge is 2.31. The van der Waals surface area contributed by atoms with Gasteiger partial charge in [-0.15, -0.1) is 0 Å². The van der Waals surface area contributed by atoms with Gasteiger partial charge in [-0.05, 0) is 93.0 Å². The quantitative estimate of drug-likeness (QED) is 0.162. The van der Waals surface area contributed by atoms with Crippen LogP contribution in [0.1, 0.15) is 101 Å². The molecule has 3 aromatic rings. The molecular weight excluding hydrogens is 540 g/mol. The van der Waals surface area contributed by atoms with Crippen LogP contribution in [-0.4, -0.2) is 46.1 Å². The van der Waals surface area contributed by atoms with Crippen molar-refractivity contribution in [3.05, 3.63) is 81.4 Å². The molecule has 8 nitrogen and oxygen atoms in total. The summed E-state index contributed by atoms with van der Waals surface area (Å²) in [5.74, 6) is -0.262. The van der Waals surface area contributed by atoms with E-state index in [1.807, 2.05) is 19.9 Å². The van der Waals surface area contributed by atoms with Gasteiger partial charge in [0.2, 0.25) is 0 Å². The molecule has 8 bridgehead atoms. The Morgan fingerprint density at radius 3 is 2.42 bits per heavy atom. The zero-order valence-electron chi connectivity index (χ0n) is 26.1. The zero-order chi connectivity index (χ0) is 31.0. The topological polar surface area (TPSA) is 110 Å². The van der Waals surface area contributed by atoms with Gasteiger partial charge >= 0.3 is 5.97 Å². The van der Waals surface area contributed by atoms with Crippen LogP contribution in [-0.2, 0) is 20.7 Å². The summed E-state index contributed by atoms with van der Waals surface area (Å²) in [7, 11) is 1.41. The van der Waals surface area contributed by atoms with Gasteiger partial charge in [0.15, 0.2) is 0 Å². The number of nitrogens with zero attached hydrogens (tertiary/aromatic N) is 2. The van der Waals surface area contributed by atoms with Crippen molar-refractivity contribution in [1.29, 1.82) is 0 Å². The second-order valence-electron chi connectivity index (χ2n) is 11.4. The molecule has 0 fully saturated rings. The second kappa shape index (κ2) is 12.0. The van der Waals surface area contributed by atoms with Crippen molar-refractivity contribution < 1.29 is 19.1 Å². The third-order valence-electron chi connectivity index (χ3n) is 9.12. The molecule has 2 aliphatic heterocycles. The average molecular weight is 581 g/mol. The SMILES string of the molecule is C=CC1=C(C)c2cc3nc(c(C)c4[nH]c(cc5[nH]c(cc1n2)c(C)c5CC)c(C)c4C(=O)OC)[C@@H](CCCOC=O)[C@@H]3C. The molecule has 0 radical (unpaired) electrons. The van der Waals surface area contributed by atoms with Crippen LogP contribution in [0.3, 0.4) is 0 Å². The van der Waals surface area contributed by atoms with E-state index in [1.54, 1.807) is 0 Å². The number of allylic oxidation sites excluding steroid dienone is 3. The number of aromatic nitrogens is 4. The summed E-state index contributed by atoms with van der Waals surface area (Å²) in [4.78, 5) is 41.4. The molecule has 2 N–H and O–H groups in total. The van der Waals surface area contributed by atoms with E-state index in [0.29, 0.717) is 30.6 Å². The van der Waals surface area contributed by atoms with E-state index in [1.165, 1.54) is 12.7 Å². The highest BCUT2D eigenvalue weighted by molar-refractivity contribution is 6.03. The van der Waals surface area contributed by atoms with Crippen molar-refractivity contribution in [3.63, 3.8) is 0 Å². The Hall–Kier alpha value is -4.46. The normalized spacial score (nSPS) is 16.3. The van der Waals surface area contributed by atoms with E-state index in [4.69, 9.17) is 19.4 Å². The van der Waals surface area contributed by atoms with Crippen LogP contribution >= 0.6 is 0 Å². The van der Waals surface area contributed by atoms with Gasteiger partial charge in [0.1, 0.15) is 0 Å². The molecule has 0 saturated heterocycles. The Kier molecular flexibility index (Phi) is 8.40. The average Bonchev–Trinajstić information content (AvgIpc) is 3.68. The van der Waals surface area contributed by atoms with Crippen molar-refractivity contribution >= 4 is 45.7 Å². The molecule has 3 aromatic heterocycles. The maximum absolute atomic E-state index is 13.2. The Morgan fingerprint density at radius 1 is 1.00 bits per heavy atom. The van der Waals surface area contributed by atoms with Crippen LogP contribution in [0.25, 0.3) is 33.2 Å². The van der Waals surface area contributed by atoms with E-state index in [2.05, 4.69) is 62.4 Å². The molecule has 224 valence electrons. The number of carbonyl (C=O) groups is 2. The molecule has 2 aliphatic rings. The maximum atomic E-state index is 13.2. The van der Waals surface area contributed by atoms with Crippen LogP contribution in [0.2, 0.25) is 0 Å². The lowest BCUT2D eigenvalue weighted by molar-refractivity contribution is -0.128. The van der Waals surface area contributed by atoms with Crippen molar-refractivity contribution in [2.75, 3.05) is 13.7 Å². The second-order valence-corrected chi connectivity index (χ2v) is 11.4. The Morgan fingerprint density at radius 2 is 1.74 bits per heavy atom. The smallest absolute Gasteiger partial charge is 0.340 e.